The lowest BCUT2D eigenvalue weighted by Gasteiger charge is -2.26. The van der Waals surface area contributed by atoms with E-state index in [0.29, 0.717) is 6.61 Å². The van der Waals surface area contributed by atoms with Crippen LogP contribution in [0.1, 0.15) is 18.1 Å². The Balaban J connectivity index is 1.11. The van der Waals surface area contributed by atoms with E-state index in [-0.39, 0.29) is 6.10 Å². The van der Waals surface area contributed by atoms with Crippen molar-refractivity contribution in [3.05, 3.63) is 157 Å². The first kappa shape index (κ1) is 33.0. The van der Waals surface area contributed by atoms with Crippen LogP contribution in [-0.2, 0) is 0 Å². The Bertz CT molecular complexity index is 1910. The normalized spacial score (nSPS) is 11.4. The Morgan fingerprint density at radius 2 is 0.694 bits per heavy atom. The van der Waals surface area contributed by atoms with E-state index >= 15 is 0 Å². The number of rotatable bonds is 13. The maximum atomic E-state index is 6.26. The second-order valence-electron chi connectivity index (χ2n) is 12.0. The molecule has 1 unspecified atom stereocenters. The minimum Gasteiger partial charge on any atom is -0.497 e. The van der Waals surface area contributed by atoms with Gasteiger partial charge in [0.1, 0.15) is 35.7 Å². The second kappa shape index (κ2) is 15.3. The molecule has 6 rings (SSSR count). The molecule has 0 aromatic heterocycles. The lowest BCUT2D eigenvalue weighted by molar-refractivity contribution is 0.143. The number of ether oxygens (including phenoxy) is 4. The monoisotopic (exact) mass is 650 g/mol. The van der Waals surface area contributed by atoms with Crippen LogP contribution < -0.4 is 28.7 Å². The molecule has 0 aliphatic carbocycles. The molecule has 6 aromatic rings. The van der Waals surface area contributed by atoms with Gasteiger partial charge in [-0.05, 0) is 142 Å². The summed E-state index contributed by atoms with van der Waals surface area (Å²) in [6, 6.07) is 49.5. The lowest BCUT2D eigenvalue weighted by atomic mass is 10.1. The Hall–Kier alpha value is -5.88. The first-order chi connectivity index (χ1) is 23.9. The molecule has 0 saturated carbocycles. The first-order valence-electron chi connectivity index (χ1n) is 16.4. The molecule has 0 fully saturated rings. The summed E-state index contributed by atoms with van der Waals surface area (Å²) in [5.74, 6) is 3.20. The number of nitrogens with zero attached hydrogens (tertiary/aromatic N) is 2. The highest BCUT2D eigenvalue weighted by atomic mass is 16.5. The quantitative estimate of drug-likeness (QED) is 0.124. The van der Waals surface area contributed by atoms with Gasteiger partial charge < -0.3 is 28.7 Å². The summed E-state index contributed by atoms with van der Waals surface area (Å²) in [5.41, 5.74) is 8.71. The van der Waals surface area contributed by atoms with E-state index in [1.165, 1.54) is 11.1 Å². The van der Waals surface area contributed by atoms with E-state index in [9.17, 15) is 0 Å². The fourth-order valence-electron chi connectivity index (χ4n) is 5.59. The smallest absolute Gasteiger partial charge is 0.130 e. The molecule has 6 nitrogen and oxygen atoms in total. The Kier molecular flexibility index (Phi) is 10.3. The van der Waals surface area contributed by atoms with Crippen LogP contribution in [-0.4, -0.2) is 26.9 Å². The Morgan fingerprint density at radius 1 is 0.408 bits per heavy atom. The van der Waals surface area contributed by atoms with Crippen molar-refractivity contribution in [2.45, 2.75) is 26.9 Å². The zero-order valence-corrected chi connectivity index (χ0v) is 28.7. The summed E-state index contributed by atoms with van der Waals surface area (Å²) < 4.78 is 23.2. The number of aryl methyl sites for hydroxylation is 2. The van der Waals surface area contributed by atoms with Gasteiger partial charge in [0.25, 0.3) is 0 Å². The largest absolute Gasteiger partial charge is 0.497 e. The van der Waals surface area contributed by atoms with Crippen molar-refractivity contribution in [1.82, 2.24) is 0 Å². The van der Waals surface area contributed by atoms with Gasteiger partial charge >= 0.3 is 0 Å². The van der Waals surface area contributed by atoms with Gasteiger partial charge in [-0.15, -0.1) is 0 Å². The van der Waals surface area contributed by atoms with Crippen LogP contribution in [0.25, 0.3) is 0 Å². The number of hydrogen-bond acceptors (Lipinski definition) is 6. The topological polar surface area (TPSA) is 43.4 Å². The van der Waals surface area contributed by atoms with Crippen molar-refractivity contribution < 1.29 is 18.9 Å². The van der Waals surface area contributed by atoms with Crippen molar-refractivity contribution in [3.8, 4) is 23.0 Å². The molecular weight excluding hydrogens is 608 g/mol. The molecule has 0 N–H and O–H groups in total. The number of hydrogen-bond donors (Lipinski definition) is 0. The summed E-state index contributed by atoms with van der Waals surface area (Å²) >= 11 is 0. The predicted molar refractivity (Wildman–Crippen MR) is 200 cm³/mol. The van der Waals surface area contributed by atoms with Crippen LogP contribution in [0.15, 0.2) is 146 Å². The van der Waals surface area contributed by atoms with Crippen LogP contribution in [0.2, 0.25) is 0 Å². The van der Waals surface area contributed by atoms with Gasteiger partial charge in [0, 0.05) is 34.1 Å². The average Bonchev–Trinajstić information content (AvgIpc) is 3.14. The molecule has 0 aliphatic rings. The van der Waals surface area contributed by atoms with Crippen LogP contribution >= 0.6 is 0 Å². The fraction of sp³-hybridized carbons (Fsp3) is 0.163. The minimum absolute atomic E-state index is 0.163. The molecule has 0 bridgehead atoms. The maximum absolute atomic E-state index is 6.26. The summed E-state index contributed by atoms with van der Waals surface area (Å²) in [5, 5.41) is 0. The summed E-state index contributed by atoms with van der Waals surface area (Å²) in [7, 11) is 3.36. The number of benzene rings is 6. The minimum atomic E-state index is -0.163. The van der Waals surface area contributed by atoms with Crippen molar-refractivity contribution >= 4 is 34.1 Å². The molecule has 49 heavy (non-hydrogen) atoms. The molecule has 0 saturated heterocycles. The van der Waals surface area contributed by atoms with E-state index < -0.39 is 0 Å². The van der Waals surface area contributed by atoms with Crippen LogP contribution in [0, 0.1) is 13.8 Å². The van der Waals surface area contributed by atoms with E-state index in [2.05, 4.69) is 121 Å². The van der Waals surface area contributed by atoms with Gasteiger partial charge in [-0.3, -0.25) is 0 Å². The van der Waals surface area contributed by atoms with Gasteiger partial charge in [-0.25, -0.2) is 0 Å². The highest BCUT2D eigenvalue weighted by Gasteiger charge is 2.15. The lowest BCUT2D eigenvalue weighted by Crippen LogP contribution is -2.21. The predicted octanol–water partition coefficient (Wildman–Crippen LogP) is 11.1. The highest BCUT2D eigenvalue weighted by molar-refractivity contribution is 5.78. The zero-order valence-electron chi connectivity index (χ0n) is 28.7. The molecule has 0 spiro atoms. The van der Waals surface area contributed by atoms with E-state index in [4.69, 9.17) is 18.9 Å². The van der Waals surface area contributed by atoms with Gasteiger partial charge in [0.05, 0.1) is 14.2 Å². The summed E-state index contributed by atoms with van der Waals surface area (Å²) in [6.07, 6.45) is -0.163. The molecular formula is C43H42N2O4. The van der Waals surface area contributed by atoms with Crippen molar-refractivity contribution in [2.75, 3.05) is 30.6 Å². The van der Waals surface area contributed by atoms with Crippen molar-refractivity contribution in [2.24, 2.45) is 0 Å². The number of anilines is 6. The highest BCUT2D eigenvalue weighted by Crippen LogP contribution is 2.38. The summed E-state index contributed by atoms with van der Waals surface area (Å²) in [6.45, 7) is 6.61. The fourth-order valence-corrected chi connectivity index (χ4v) is 5.59. The molecule has 0 amide bonds. The maximum Gasteiger partial charge on any atom is 0.130 e. The molecule has 0 radical (unpaired) electrons. The van der Waals surface area contributed by atoms with Gasteiger partial charge in [0.2, 0.25) is 0 Å². The van der Waals surface area contributed by atoms with E-state index in [0.717, 1.165) is 57.1 Å². The Labute approximate surface area is 289 Å². The molecule has 6 heteroatoms. The molecule has 6 aromatic carbocycles. The van der Waals surface area contributed by atoms with Crippen molar-refractivity contribution in [3.63, 3.8) is 0 Å². The third-order valence-corrected chi connectivity index (χ3v) is 8.26. The molecule has 248 valence electrons. The van der Waals surface area contributed by atoms with Gasteiger partial charge in [-0.1, -0.05) is 35.4 Å². The molecule has 1 atom stereocenters. The third-order valence-electron chi connectivity index (χ3n) is 8.26. The first-order valence-corrected chi connectivity index (χ1v) is 16.4. The number of methoxy groups -OCH3 is 2. The van der Waals surface area contributed by atoms with Crippen LogP contribution in [0.4, 0.5) is 34.1 Å². The molecule has 0 heterocycles. The zero-order chi connectivity index (χ0) is 34.2. The van der Waals surface area contributed by atoms with Gasteiger partial charge in [-0.2, -0.15) is 0 Å². The standard InChI is InChI=1S/C43H42N2O4/c1-31-6-10-34(11-7-31)44(36-14-22-40(46-4)23-15-36)38-18-26-42(27-19-38)48-30-33(3)49-43-28-20-39(21-29-43)45(35-12-8-32(2)9-13-35)37-16-24-41(47-5)25-17-37/h6-29,33H,30H2,1-5H3. The van der Waals surface area contributed by atoms with Crippen LogP contribution in [0.3, 0.4) is 0 Å². The second-order valence-corrected chi connectivity index (χ2v) is 12.0. The SMILES string of the molecule is COc1ccc(N(c2ccc(C)cc2)c2ccc(OCC(C)Oc3ccc(N(c4ccc(C)cc4)c4ccc(OC)cc4)cc3)cc2)cc1. The Morgan fingerprint density at radius 3 is 1.02 bits per heavy atom. The summed E-state index contributed by atoms with van der Waals surface area (Å²) in [4.78, 5) is 4.43. The average molecular weight is 651 g/mol. The molecule has 0 aliphatic heterocycles. The van der Waals surface area contributed by atoms with Gasteiger partial charge in [0.15, 0.2) is 0 Å². The van der Waals surface area contributed by atoms with E-state index in [1.54, 1.807) is 14.2 Å². The van der Waals surface area contributed by atoms with Crippen molar-refractivity contribution in [1.29, 1.82) is 0 Å². The third kappa shape index (κ3) is 8.17. The van der Waals surface area contributed by atoms with Crippen LogP contribution in [0.5, 0.6) is 23.0 Å². The van der Waals surface area contributed by atoms with E-state index in [1.807, 2.05) is 55.5 Å².